The first-order valence-corrected chi connectivity index (χ1v) is 21.6. The van der Waals surface area contributed by atoms with Gasteiger partial charge >= 0.3 is 0 Å². The van der Waals surface area contributed by atoms with E-state index < -0.39 is 23.8 Å². The fourth-order valence-corrected chi connectivity index (χ4v) is 10.9. The number of hydrogen-bond donors (Lipinski definition) is 2. The number of piperidine rings is 3. The van der Waals surface area contributed by atoms with Crippen LogP contribution in [0.15, 0.2) is 60.7 Å². The van der Waals surface area contributed by atoms with E-state index in [2.05, 4.69) is 38.6 Å². The standard InChI is InChI=1S/C46H49ClN6O6/c47-40-24-36(7-5-31(40)25-48)59-37-21-32-19-34(20-33(32)22-37)49-43(55)30-3-1-28(2-4-30)29-13-15-51(16-14-29)26-27-11-17-52(18-12-27)35-6-8-38-39(23-35)46(58)53(45(38)57)41-9-10-42(54)50-44(41)56/h1-8,23-24,27,29,32-34,37,41H,9-22,26H2,(H,49,55)(H,50,54,56)/t32-,33+,34+,37+,41?. The number of anilines is 1. The molecule has 3 aromatic rings. The van der Waals surface area contributed by atoms with Crippen LogP contribution in [0.2, 0.25) is 5.02 Å². The monoisotopic (exact) mass is 816 g/mol. The van der Waals surface area contributed by atoms with Gasteiger partial charge in [0.05, 0.1) is 27.8 Å². The molecule has 3 aromatic carbocycles. The van der Waals surface area contributed by atoms with Gasteiger partial charge in [0, 0.05) is 49.4 Å². The minimum Gasteiger partial charge on any atom is -0.490 e. The van der Waals surface area contributed by atoms with Crippen LogP contribution in [0, 0.1) is 29.1 Å². The molecule has 13 heteroatoms. The first-order valence-electron chi connectivity index (χ1n) is 21.2. The molecule has 306 valence electrons. The number of carbonyl (C=O) groups excluding carboxylic acids is 5. The van der Waals surface area contributed by atoms with E-state index in [1.807, 2.05) is 24.3 Å². The van der Waals surface area contributed by atoms with Crippen LogP contribution in [0.3, 0.4) is 0 Å². The van der Waals surface area contributed by atoms with Crippen LogP contribution in [-0.2, 0) is 9.59 Å². The molecule has 12 nitrogen and oxygen atoms in total. The number of hydrogen-bond acceptors (Lipinski definition) is 9. The molecule has 2 saturated carbocycles. The molecule has 6 aliphatic rings. The van der Waals surface area contributed by atoms with Crippen LogP contribution >= 0.6 is 11.6 Å². The average molecular weight is 817 g/mol. The second-order valence-corrected chi connectivity index (χ2v) is 17.8. The number of rotatable bonds is 9. The Morgan fingerprint density at radius 1 is 0.831 bits per heavy atom. The zero-order valence-corrected chi connectivity index (χ0v) is 33.8. The van der Waals surface area contributed by atoms with Crippen molar-refractivity contribution >= 4 is 46.8 Å². The summed E-state index contributed by atoms with van der Waals surface area (Å²) in [4.78, 5) is 69.7. The molecule has 5 fully saturated rings. The maximum atomic E-state index is 13.3. The normalized spacial score (nSPS) is 26.4. The maximum Gasteiger partial charge on any atom is 0.262 e. The largest absolute Gasteiger partial charge is 0.490 e. The number of amides is 5. The lowest BCUT2D eigenvalue weighted by molar-refractivity contribution is -0.136. The third kappa shape index (κ3) is 8.07. The second kappa shape index (κ2) is 16.4. The van der Waals surface area contributed by atoms with Gasteiger partial charge in [-0.05, 0) is 143 Å². The number of halogens is 1. The van der Waals surface area contributed by atoms with Gasteiger partial charge < -0.3 is 19.9 Å². The Balaban J connectivity index is 0.695. The van der Waals surface area contributed by atoms with Crippen molar-refractivity contribution in [2.75, 3.05) is 37.6 Å². The molecule has 0 radical (unpaired) electrons. The first-order chi connectivity index (χ1) is 28.6. The highest BCUT2D eigenvalue weighted by Crippen LogP contribution is 2.45. The van der Waals surface area contributed by atoms with Crippen molar-refractivity contribution in [3.8, 4) is 11.8 Å². The smallest absolute Gasteiger partial charge is 0.262 e. The Hall–Kier alpha value is -5.25. The van der Waals surface area contributed by atoms with Crippen LogP contribution in [0.5, 0.6) is 5.75 Å². The zero-order valence-electron chi connectivity index (χ0n) is 33.0. The van der Waals surface area contributed by atoms with Crippen molar-refractivity contribution in [3.63, 3.8) is 0 Å². The third-order valence-electron chi connectivity index (χ3n) is 13.8. The van der Waals surface area contributed by atoms with Gasteiger partial charge in [-0.2, -0.15) is 5.26 Å². The molecule has 0 spiro atoms. The van der Waals surface area contributed by atoms with E-state index in [0.717, 1.165) is 94.7 Å². The second-order valence-electron chi connectivity index (χ2n) is 17.4. The lowest BCUT2D eigenvalue weighted by Crippen LogP contribution is -2.54. The minimum absolute atomic E-state index is 0.00129. The number of likely N-dealkylation sites (tertiary alicyclic amines) is 1. The summed E-state index contributed by atoms with van der Waals surface area (Å²) in [6, 6.07) is 20.1. The Morgan fingerprint density at radius 3 is 2.22 bits per heavy atom. The van der Waals surface area contributed by atoms with Crippen molar-refractivity contribution in [2.24, 2.45) is 17.8 Å². The Bertz CT molecular complexity index is 2190. The molecule has 3 saturated heterocycles. The molecule has 5 atom stereocenters. The number of fused-ring (bicyclic) bond motifs is 2. The number of benzene rings is 3. The van der Waals surface area contributed by atoms with E-state index in [0.29, 0.717) is 56.7 Å². The quantitative estimate of drug-likeness (QED) is 0.245. The lowest BCUT2D eigenvalue weighted by Gasteiger charge is -2.38. The fourth-order valence-electron chi connectivity index (χ4n) is 10.6. The summed E-state index contributed by atoms with van der Waals surface area (Å²) in [5.41, 5.74) is 3.99. The van der Waals surface area contributed by atoms with E-state index in [4.69, 9.17) is 21.6 Å². The van der Waals surface area contributed by atoms with E-state index >= 15 is 0 Å². The number of imide groups is 2. The van der Waals surface area contributed by atoms with Crippen LogP contribution in [-0.4, -0.2) is 90.2 Å². The van der Waals surface area contributed by atoms with Gasteiger partial charge in [-0.15, -0.1) is 0 Å². The Kier molecular flexibility index (Phi) is 10.9. The molecule has 0 aromatic heterocycles. The first kappa shape index (κ1) is 39.2. The predicted molar refractivity (Wildman–Crippen MR) is 220 cm³/mol. The molecular weight excluding hydrogens is 768 g/mol. The Morgan fingerprint density at radius 2 is 1.54 bits per heavy atom. The van der Waals surface area contributed by atoms with Gasteiger partial charge in [-0.3, -0.25) is 34.2 Å². The molecule has 2 N–H and O–H groups in total. The maximum absolute atomic E-state index is 13.3. The number of nitriles is 1. The molecule has 2 aliphatic carbocycles. The van der Waals surface area contributed by atoms with Crippen LogP contribution in [0.4, 0.5) is 5.69 Å². The van der Waals surface area contributed by atoms with Gasteiger partial charge in [0.2, 0.25) is 11.8 Å². The number of carbonyl (C=O) groups is 5. The summed E-state index contributed by atoms with van der Waals surface area (Å²) in [6.07, 6.45) is 8.50. The SMILES string of the molecule is N#Cc1ccc(O[C@H]2C[C@H]3C[C@H](NC(=O)c4ccc(C5CCN(CC6CCN(c7ccc8c(c7)C(=O)N(C7CCC(=O)NC7=O)C8=O)CC6)CC5)cc4)C[C@H]3C2)cc1Cl. The van der Waals surface area contributed by atoms with E-state index in [9.17, 15) is 24.0 Å². The summed E-state index contributed by atoms with van der Waals surface area (Å²) >= 11 is 6.20. The summed E-state index contributed by atoms with van der Waals surface area (Å²) in [6.45, 7) is 4.91. The van der Waals surface area contributed by atoms with Crippen molar-refractivity contribution in [3.05, 3.63) is 93.5 Å². The van der Waals surface area contributed by atoms with E-state index in [1.165, 1.54) is 5.56 Å². The molecule has 1 unspecified atom stereocenters. The highest BCUT2D eigenvalue weighted by atomic mass is 35.5. The summed E-state index contributed by atoms with van der Waals surface area (Å²) < 4.78 is 6.22. The summed E-state index contributed by atoms with van der Waals surface area (Å²) in [7, 11) is 0. The topological polar surface area (TPSA) is 152 Å². The zero-order chi connectivity index (χ0) is 40.8. The van der Waals surface area contributed by atoms with Crippen molar-refractivity contribution in [2.45, 2.75) is 88.3 Å². The van der Waals surface area contributed by atoms with Gasteiger partial charge in [-0.1, -0.05) is 23.7 Å². The van der Waals surface area contributed by atoms with Gasteiger partial charge in [0.1, 0.15) is 17.9 Å². The van der Waals surface area contributed by atoms with Gasteiger partial charge in [0.15, 0.2) is 0 Å². The Labute approximate surface area is 349 Å². The molecule has 59 heavy (non-hydrogen) atoms. The fraction of sp³-hybridized carbons (Fsp3) is 0.478. The van der Waals surface area contributed by atoms with Crippen molar-refractivity contribution in [1.82, 2.24) is 20.4 Å². The predicted octanol–water partition coefficient (Wildman–Crippen LogP) is 6.07. The van der Waals surface area contributed by atoms with Gasteiger partial charge in [0.25, 0.3) is 17.7 Å². The lowest BCUT2D eigenvalue weighted by atomic mass is 9.88. The molecule has 0 bridgehead atoms. The van der Waals surface area contributed by atoms with Crippen molar-refractivity contribution < 1.29 is 28.7 Å². The average Bonchev–Trinajstić information content (AvgIpc) is 3.87. The highest BCUT2D eigenvalue weighted by Gasteiger charge is 2.45. The number of nitrogens with one attached hydrogen (secondary N) is 2. The van der Waals surface area contributed by atoms with Gasteiger partial charge in [-0.25, -0.2) is 0 Å². The van der Waals surface area contributed by atoms with E-state index in [-0.39, 0.29) is 36.8 Å². The summed E-state index contributed by atoms with van der Waals surface area (Å²) in [5, 5.41) is 15.1. The number of ether oxygens (including phenoxy) is 1. The van der Waals surface area contributed by atoms with Crippen LogP contribution in [0.1, 0.15) is 112 Å². The molecule has 5 amide bonds. The summed E-state index contributed by atoms with van der Waals surface area (Å²) in [5.74, 6) is 0.885. The molecule has 9 rings (SSSR count). The highest BCUT2D eigenvalue weighted by molar-refractivity contribution is 6.31. The van der Waals surface area contributed by atoms with E-state index in [1.54, 1.807) is 24.3 Å². The van der Waals surface area contributed by atoms with Crippen molar-refractivity contribution in [1.29, 1.82) is 5.26 Å². The van der Waals surface area contributed by atoms with Crippen LogP contribution in [0.25, 0.3) is 0 Å². The minimum atomic E-state index is -0.965. The third-order valence-corrected chi connectivity index (χ3v) is 14.1. The van der Waals surface area contributed by atoms with Crippen LogP contribution < -0.4 is 20.3 Å². The molecular formula is C46H49ClN6O6. The molecule has 4 heterocycles. The number of nitrogens with zero attached hydrogens (tertiary/aromatic N) is 4. The molecule has 4 aliphatic heterocycles.